The van der Waals surface area contributed by atoms with Crippen LogP contribution in [-0.2, 0) is 0 Å². The smallest absolute Gasteiger partial charge is 0.142 e. The van der Waals surface area contributed by atoms with E-state index in [1.54, 1.807) is 0 Å². The van der Waals surface area contributed by atoms with Crippen LogP contribution in [0, 0.1) is 0 Å². The minimum absolute atomic E-state index is 0.0179. The van der Waals surface area contributed by atoms with Crippen LogP contribution < -0.4 is 19.5 Å². The molecule has 4 heteroatoms. The molecule has 0 amide bonds. The van der Waals surface area contributed by atoms with Crippen molar-refractivity contribution in [3.63, 3.8) is 0 Å². The number of anilines is 1. The van der Waals surface area contributed by atoms with Gasteiger partial charge in [0.2, 0.25) is 0 Å². The lowest BCUT2D eigenvalue weighted by molar-refractivity contribution is 0.217. The molecule has 0 saturated heterocycles. The zero-order chi connectivity index (χ0) is 21.2. The van der Waals surface area contributed by atoms with Crippen molar-refractivity contribution >= 4 is 5.69 Å². The average Bonchev–Trinajstić information content (AvgIpc) is 2.77. The van der Waals surface area contributed by atoms with Crippen LogP contribution in [0.25, 0.3) is 0 Å². The number of hydrogen-bond acceptors (Lipinski definition) is 4. The van der Waals surface area contributed by atoms with Gasteiger partial charge < -0.3 is 19.5 Å². The van der Waals surface area contributed by atoms with Gasteiger partial charge >= 0.3 is 0 Å². The van der Waals surface area contributed by atoms with Crippen LogP contribution in [0.1, 0.15) is 32.3 Å². The van der Waals surface area contributed by atoms with Crippen molar-refractivity contribution in [2.45, 2.75) is 32.8 Å². The summed E-state index contributed by atoms with van der Waals surface area (Å²) in [5.74, 6) is 3.06. The van der Waals surface area contributed by atoms with Gasteiger partial charge in [0.15, 0.2) is 0 Å². The van der Waals surface area contributed by atoms with Crippen LogP contribution >= 0.6 is 0 Å². The number of hydrogen-bond donors (Lipinski definition) is 1. The molecule has 1 N–H and O–H groups in total. The maximum atomic E-state index is 6.03. The lowest BCUT2D eigenvalue weighted by atomic mass is 10.0. The second-order valence-electron chi connectivity index (χ2n) is 7.54. The van der Waals surface area contributed by atoms with Crippen LogP contribution in [0.4, 0.5) is 5.69 Å². The summed E-state index contributed by atoms with van der Waals surface area (Å²) in [6.45, 7) is 8.07. The molecule has 3 aromatic rings. The number of ether oxygens (including phenoxy) is 3. The molecule has 0 aliphatic rings. The number of rotatable bonds is 11. The predicted molar refractivity (Wildman–Crippen MR) is 123 cm³/mol. The topological polar surface area (TPSA) is 39.7 Å². The average molecular weight is 406 g/mol. The Morgan fingerprint density at radius 1 is 0.700 bits per heavy atom. The molecular weight excluding hydrogens is 374 g/mol. The molecule has 0 radical (unpaired) electrons. The van der Waals surface area contributed by atoms with Crippen LogP contribution in [0.15, 0.2) is 78.9 Å². The van der Waals surface area contributed by atoms with E-state index in [9.17, 15) is 0 Å². The summed E-state index contributed by atoms with van der Waals surface area (Å²) in [4.78, 5) is 0. The van der Waals surface area contributed by atoms with Gasteiger partial charge in [0.05, 0.1) is 12.2 Å². The lowest BCUT2D eigenvalue weighted by Gasteiger charge is -2.18. The first-order chi connectivity index (χ1) is 14.6. The Bertz CT molecular complexity index is 878. The second-order valence-corrected chi connectivity index (χ2v) is 7.54. The highest BCUT2D eigenvalue weighted by atomic mass is 16.5. The fourth-order valence-corrected chi connectivity index (χ4v) is 3.03. The van der Waals surface area contributed by atoms with Crippen molar-refractivity contribution in [1.82, 2.24) is 0 Å². The van der Waals surface area contributed by atoms with Crippen molar-refractivity contribution in [3.05, 3.63) is 84.4 Å². The number of nitrogens with one attached hydrogen (secondary N) is 1. The number of benzene rings is 3. The molecule has 0 saturated carbocycles. The summed E-state index contributed by atoms with van der Waals surface area (Å²) in [7, 11) is 0. The molecule has 0 spiro atoms. The van der Waals surface area contributed by atoms with Gasteiger partial charge in [-0.15, -0.1) is 0 Å². The Morgan fingerprint density at radius 2 is 1.37 bits per heavy atom. The van der Waals surface area contributed by atoms with Gasteiger partial charge in [-0.2, -0.15) is 0 Å². The quantitative estimate of drug-likeness (QED) is 0.389. The van der Waals surface area contributed by atoms with Gasteiger partial charge in [0, 0.05) is 0 Å². The predicted octanol–water partition coefficient (Wildman–Crippen LogP) is 6.15. The zero-order valence-corrected chi connectivity index (χ0v) is 18.0. The summed E-state index contributed by atoms with van der Waals surface area (Å²) in [5, 5.41) is 3.43. The van der Waals surface area contributed by atoms with Gasteiger partial charge in [0.25, 0.3) is 0 Å². The van der Waals surface area contributed by atoms with E-state index >= 15 is 0 Å². The van der Waals surface area contributed by atoms with Gasteiger partial charge in [-0.05, 0) is 54.8 Å². The van der Waals surface area contributed by atoms with Gasteiger partial charge in [0.1, 0.15) is 36.6 Å². The van der Waals surface area contributed by atoms with E-state index in [1.807, 2.05) is 66.7 Å². The highest BCUT2D eigenvalue weighted by Crippen LogP contribution is 2.24. The molecule has 0 aliphatic heterocycles. The monoisotopic (exact) mass is 405 g/mol. The fourth-order valence-electron chi connectivity index (χ4n) is 3.03. The zero-order valence-electron chi connectivity index (χ0n) is 18.0. The minimum Gasteiger partial charge on any atom is -0.490 e. The van der Waals surface area contributed by atoms with E-state index in [1.165, 1.54) is 5.56 Å². The Morgan fingerprint density at radius 3 is 2.10 bits per heavy atom. The standard InChI is InChI=1S/C26H31NO3/c1-20(2)22-13-15-24(16-14-22)30-21(3)19-27-25-11-7-8-12-26(25)29-18-17-28-23-9-5-4-6-10-23/h4-16,20-21,27H,17-19H2,1-3H3. The third-order valence-corrected chi connectivity index (χ3v) is 4.70. The van der Waals surface area contributed by atoms with Crippen LogP contribution in [0.2, 0.25) is 0 Å². The van der Waals surface area contributed by atoms with Crippen LogP contribution in [0.5, 0.6) is 17.2 Å². The molecule has 0 heterocycles. The largest absolute Gasteiger partial charge is 0.490 e. The maximum Gasteiger partial charge on any atom is 0.142 e. The van der Waals surface area contributed by atoms with Crippen molar-refractivity contribution in [2.24, 2.45) is 0 Å². The lowest BCUT2D eigenvalue weighted by Crippen LogP contribution is -2.23. The normalized spacial score (nSPS) is 11.7. The van der Waals surface area contributed by atoms with Gasteiger partial charge in [-0.25, -0.2) is 0 Å². The molecule has 1 unspecified atom stereocenters. The molecule has 158 valence electrons. The highest BCUT2D eigenvalue weighted by Gasteiger charge is 2.08. The molecule has 0 bridgehead atoms. The second kappa shape index (κ2) is 11.1. The number of para-hydroxylation sites is 3. The first-order valence-corrected chi connectivity index (χ1v) is 10.5. The first-order valence-electron chi connectivity index (χ1n) is 10.5. The van der Waals surface area contributed by atoms with Crippen molar-refractivity contribution in [3.8, 4) is 17.2 Å². The Balaban J connectivity index is 1.45. The highest BCUT2D eigenvalue weighted by molar-refractivity contribution is 5.56. The van der Waals surface area contributed by atoms with E-state index in [4.69, 9.17) is 14.2 Å². The van der Waals surface area contributed by atoms with E-state index in [-0.39, 0.29) is 6.10 Å². The summed E-state index contributed by atoms with van der Waals surface area (Å²) in [6, 6.07) is 26.0. The van der Waals surface area contributed by atoms with Crippen LogP contribution in [-0.4, -0.2) is 25.9 Å². The summed E-state index contributed by atoms with van der Waals surface area (Å²) < 4.78 is 17.6. The molecule has 1 atom stereocenters. The van der Waals surface area contributed by atoms with Gasteiger partial charge in [-0.3, -0.25) is 0 Å². The van der Waals surface area contributed by atoms with Crippen molar-refractivity contribution in [2.75, 3.05) is 25.1 Å². The summed E-state index contributed by atoms with van der Waals surface area (Å²) in [6.07, 6.45) is 0.0179. The Hall–Kier alpha value is -3.14. The van der Waals surface area contributed by atoms with E-state index in [0.717, 1.165) is 22.9 Å². The molecule has 0 aromatic heterocycles. The van der Waals surface area contributed by atoms with E-state index in [2.05, 4.69) is 38.2 Å². The Kier molecular flexibility index (Phi) is 8.02. The molecule has 4 nitrogen and oxygen atoms in total. The summed E-state index contributed by atoms with van der Waals surface area (Å²) >= 11 is 0. The third-order valence-electron chi connectivity index (χ3n) is 4.70. The van der Waals surface area contributed by atoms with Crippen LogP contribution in [0.3, 0.4) is 0 Å². The molecule has 30 heavy (non-hydrogen) atoms. The Labute approximate surface area is 179 Å². The van der Waals surface area contributed by atoms with Crippen molar-refractivity contribution in [1.29, 1.82) is 0 Å². The SMILES string of the molecule is CC(CNc1ccccc1OCCOc1ccccc1)Oc1ccc(C(C)C)cc1. The molecule has 3 rings (SSSR count). The minimum atomic E-state index is 0.0179. The molecule has 0 fully saturated rings. The van der Waals surface area contributed by atoms with Crippen molar-refractivity contribution < 1.29 is 14.2 Å². The van der Waals surface area contributed by atoms with E-state index in [0.29, 0.717) is 25.7 Å². The summed E-state index contributed by atoms with van der Waals surface area (Å²) in [5.41, 5.74) is 2.26. The molecule has 3 aromatic carbocycles. The maximum absolute atomic E-state index is 6.03. The third kappa shape index (κ3) is 6.73. The molecular formula is C26H31NO3. The molecule has 0 aliphatic carbocycles. The van der Waals surface area contributed by atoms with E-state index < -0.39 is 0 Å². The first kappa shape index (κ1) is 21.6. The fraction of sp³-hybridized carbons (Fsp3) is 0.308. The van der Waals surface area contributed by atoms with Gasteiger partial charge in [-0.1, -0.05) is 56.3 Å².